The van der Waals surface area contributed by atoms with Crippen LogP contribution in [0.3, 0.4) is 0 Å². The van der Waals surface area contributed by atoms with E-state index in [9.17, 15) is 9.59 Å². The summed E-state index contributed by atoms with van der Waals surface area (Å²) in [6.45, 7) is 0.412. The highest BCUT2D eigenvalue weighted by molar-refractivity contribution is 5.90. The number of pyridine rings is 1. The smallest absolute Gasteiger partial charge is 0.275 e. The predicted octanol–water partition coefficient (Wildman–Crippen LogP) is 4.39. The molecule has 1 aliphatic rings. The van der Waals surface area contributed by atoms with E-state index in [1.54, 1.807) is 12.3 Å². The minimum atomic E-state index is -0.517. The SMILES string of the molecule is O=C(NCc1nn(Cc2ccccn2)c(=O)c2ccccc12)C1c2ccccc2Oc2ccccc21. The molecule has 7 heteroatoms. The molecule has 2 aromatic heterocycles. The number of fused-ring (bicyclic) bond motifs is 3. The molecule has 5 aromatic rings. The fourth-order valence-electron chi connectivity index (χ4n) is 4.65. The summed E-state index contributed by atoms with van der Waals surface area (Å²) in [4.78, 5) is 31.0. The Bertz CT molecular complexity index is 1600. The summed E-state index contributed by atoms with van der Waals surface area (Å²) in [5, 5.41) is 8.96. The lowest BCUT2D eigenvalue weighted by atomic mass is 9.87. The molecule has 0 saturated carbocycles. The van der Waals surface area contributed by atoms with E-state index in [1.165, 1.54) is 4.68 Å². The zero-order valence-corrected chi connectivity index (χ0v) is 19.3. The number of carbonyl (C=O) groups excluding carboxylic acids is 1. The van der Waals surface area contributed by atoms with Crippen LogP contribution in [0.4, 0.5) is 0 Å². The maximum absolute atomic E-state index is 13.6. The van der Waals surface area contributed by atoms with E-state index in [-0.39, 0.29) is 24.6 Å². The molecule has 3 aromatic carbocycles. The van der Waals surface area contributed by atoms with E-state index in [4.69, 9.17) is 4.74 Å². The number of nitrogens with zero attached hydrogens (tertiary/aromatic N) is 3. The van der Waals surface area contributed by atoms with Crippen molar-refractivity contribution in [2.75, 3.05) is 0 Å². The molecule has 7 nitrogen and oxygen atoms in total. The molecule has 1 aliphatic heterocycles. The highest BCUT2D eigenvalue weighted by Crippen LogP contribution is 2.43. The van der Waals surface area contributed by atoms with Gasteiger partial charge in [-0.25, -0.2) is 4.68 Å². The molecule has 0 fully saturated rings. The molecule has 0 atom stereocenters. The van der Waals surface area contributed by atoms with Gasteiger partial charge in [0.25, 0.3) is 5.56 Å². The van der Waals surface area contributed by atoms with E-state index in [0.29, 0.717) is 28.0 Å². The minimum absolute atomic E-state index is 0.161. The summed E-state index contributed by atoms with van der Waals surface area (Å²) in [5.41, 5.74) is 2.77. The Kier molecular flexibility index (Phi) is 5.50. The second-order valence-electron chi connectivity index (χ2n) is 8.60. The summed E-state index contributed by atoms with van der Waals surface area (Å²) in [6.07, 6.45) is 1.69. The number of para-hydroxylation sites is 2. The van der Waals surface area contributed by atoms with Crippen molar-refractivity contribution < 1.29 is 9.53 Å². The first-order valence-corrected chi connectivity index (χ1v) is 11.7. The maximum atomic E-state index is 13.6. The van der Waals surface area contributed by atoms with Gasteiger partial charge >= 0.3 is 0 Å². The number of rotatable bonds is 5. The molecule has 0 bridgehead atoms. The lowest BCUT2D eigenvalue weighted by Gasteiger charge is -2.27. The van der Waals surface area contributed by atoms with Crippen molar-refractivity contribution in [2.45, 2.75) is 19.0 Å². The highest BCUT2D eigenvalue weighted by Gasteiger charge is 2.32. The van der Waals surface area contributed by atoms with Crippen molar-refractivity contribution in [2.24, 2.45) is 0 Å². The first kappa shape index (κ1) is 21.7. The highest BCUT2D eigenvalue weighted by atomic mass is 16.5. The number of ether oxygens (including phenoxy) is 1. The lowest BCUT2D eigenvalue weighted by molar-refractivity contribution is -0.122. The Labute approximate surface area is 207 Å². The van der Waals surface area contributed by atoms with Crippen molar-refractivity contribution in [3.8, 4) is 11.5 Å². The standard InChI is InChI=1S/C29H22N4O3/c34-28(27-22-12-3-5-14-25(22)36-26-15-6-4-13-23(26)27)31-17-24-20-10-1-2-11-21(20)29(35)33(32-24)18-19-9-7-8-16-30-19/h1-16,27H,17-18H2,(H,31,34). The summed E-state index contributed by atoms with van der Waals surface area (Å²) < 4.78 is 7.44. The van der Waals surface area contributed by atoms with Gasteiger partial charge in [0.05, 0.1) is 35.8 Å². The number of hydrogen-bond acceptors (Lipinski definition) is 5. The molecule has 6 rings (SSSR count). The van der Waals surface area contributed by atoms with Gasteiger partial charge in [0.1, 0.15) is 11.5 Å². The molecule has 3 heterocycles. The van der Waals surface area contributed by atoms with Crippen LogP contribution < -0.4 is 15.6 Å². The van der Waals surface area contributed by atoms with Crippen LogP contribution in [-0.2, 0) is 17.9 Å². The van der Waals surface area contributed by atoms with Gasteiger partial charge in [-0.05, 0) is 30.3 Å². The van der Waals surface area contributed by atoms with E-state index in [0.717, 1.165) is 16.8 Å². The van der Waals surface area contributed by atoms with Crippen molar-refractivity contribution in [3.05, 3.63) is 130 Å². The van der Waals surface area contributed by atoms with Gasteiger partial charge in [0.2, 0.25) is 5.91 Å². The van der Waals surface area contributed by atoms with E-state index in [2.05, 4.69) is 15.4 Å². The molecular formula is C29H22N4O3. The van der Waals surface area contributed by atoms with Crippen LogP contribution >= 0.6 is 0 Å². The monoisotopic (exact) mass is 474 g/mol. The van der Waals surface area contributed by atoms with Crippen LogP contribution in [0, 0.1) is 0 Å². The third-order valence-electron chi connectivity index (χ3n) is 6.35. The number of amides is 1. The molecule has 0 unspecified atom stereocenters. The van der Waals surface area contributed by atoms with Gasteiger partial charge in [-0.2, -0.15) is 5.10 Å². The number of hydrogen-bond donors (Lipinski definition) is 1. The Balaban J connectivity index is 1.34. The molecule has 0 aliphatic carbocycles. The third-order valence-corrected chi connectivity index (χ3v) is 6.35. The number of carbonyl (C=O) groups is 1. The van der Waals surface area contributed by atoms with Crippen molar-refractivity contribution in [1.29, 1.82) is 0 Å². The second-order valence-corrected chi connectivity index (χ2v) is 8.60. The van der Waals surface area contributed by atoms with Crippen LogP contribution in [0.2, 0.25) is 0 Å². The number of nitrogens with one attached hydrogen (secondary N) is 1. The van der Waals surface area contributed by atoms with Gasteiger partial charge < -0.3 is 10.1 Å². The average molecular weight is 475 g/mol. The fraction of sp³-hybridized carbons (Fsp3) is 0.103. The van der Waals surface area contributed by atoms with Gasteiger partial charge in [-0.1, -0.05) is 60.7 Å². The molecule has 1 N–H and O–H groups in total. The summed E-state index contributed by atoms with van der Waals surface area (Å²) in [7, 11) is 0. The van der Waals surface area contributed by atoms with Crippen LogP contribution in [0.5, 0.6) is 11.5 Å². The van der Waals surface area contributed by atoms with Crippen LogP contribution in [0.25, 0.3) is 10.8 Å². The quantitative estimate of drug-likeness (QED) is 0.408. The molecule has 0 saturated heterocycles. The molecular weight excluding hydrogens is 452 g/mol. The maximum Gasteiger partial charge on any atom is 0.275 e. The van der Waals surface area contributed by atoms with Gasteiger partial charge in [-0.3, -0.25) is 14.6 Å². The molecule has 176 valence electrons. The first-order chi connectivity index (χ1) is 17.7. The van der Waals surface area contributed by atoms with Crippen LogP contribution in [0.15, 0.2) is 102 Å². The Morgan fingerprint density at radius 2 is 1.47 bits per heavy atom. The molecule has 0 radical (unpaired) electrons. The predicted molar refractivity (Wildman–Crippen MR) is 136 cm³/mol. The zero-order chi connectivity index (χ0) is 24.5. The van der Waals surface area contributed by atoms with Crippen LogP contribution in [0.1, 0.15) is 28.4 Å². The summed E-state index contributed by atoms with van der Waals surface area (Å²) in [5.74, 6) is 0.663. The van der Waals surface area contributed by atoms with Crippen molar-refractivity contribution in [1.82, 2.24) is 20.1 Å². The van der Waals surface area contributed by atoms with Crippen LogP contribution in [-0.4, -0.2) is 20.7 Å². The summed E-state index contributed by atoms with van der Waals surface area (Å²) >= 11 is 0. The third kappa shape index (κ3) is 3.90. The van der Waals surface area contributed by atoms with E-state index < -0.39 is 5.92 Å². The molecule has 36 heavy (non-hydrogen) atoms. The molecule has 1 amide bonds. The van der Waals surface area contributed by atoms with Gasteiger partial charge in [0, 0.05) is 22.7 Å². The second kappa shape index (κ2) is 9.11. The number of aromatic nitrogens is 3. The number of benzene rings is 3. The fourth-order valence-corrected chi connectivity index (χ4v) is 4.65. The summed E-state index contributed by atoms with van der Waals surface area (Å²) in [6, 6.07) is 28.0. The first-order valence-electron chi connectivity index (χ1n) is 11.7. The largest absolute Gasteiger partial charge is 0.457 e. The van der Waals surface area contributed by atoms with Gasteiger partial charge in [-0.15, -0.1) is 0 Å². The molecule has 0 spiro atoms. The Morgan fingerprint density at radius 3 is 2.17 bits per heavy atom. The minimum Gasteiger partial charge on any atom is -0.457 e. The Hall–Kier alpha value is -4.78. The zero-order valence-electron chi connectivity index (χ0n) is 19.3. The average Bonchev–Trinajstić information content (AvgIpc) is 2.93. The van der Waals surface area contributed by atoms with E-state index >= 15 is 0 Å². The van der Waals surface area contributed by atoms with Gasteiger partial charge in [0.15, 0.2) is 0 Å². The normalized spacial score (nSPS) is 12.4. The van der Waals surface area contributed by atoms with E-state index in [1.807, 2.05) is 84.9 Å². The Morgan fingerprint density at radius 1 is 0.833 bits per heavy atom. The van der Waals surface area contributed by atoms with Crippen molar-refractivity contribution >= 4 is 16.7 Å². The topological polar surface area (TPSA) is 86.1 Å². The van der Waals surface area contributed by atoms with Crippen molar-refractivity contribution in [3.63, 3.8) is 0 Å². The lowest BCUT2D eigenvalue weighted by Crippen LogP contribution is -2.33.